The lowest BCUT2D eigenvalue weighted by Crippen LogP contribution is -2.62. The summed E-state index contributed by atoms with van der Waals surface area (Å²) in [6.07, 6.45) is -0.148. The van der Waals surface area contributed by atoms with Gasteiger partial charge in [-0.05, 0) is 57.5 Å². The van der Waals surface area contributed by atoms with Gasteiger partial charge in [0, 0.05) is 23.9 Å². The summed E-state index contributed by atoms with van der Waals surface area (Å²) in [6.45, 7) is 8.00. The molecule has 3 aromatic rings. The topological polar surface area (TPSA) is 102 Å². The molecule has 1 saturated heterocycles. The van der Waals surface area contributed by atoms with Gasteiger partial charge >= 0.3 is 17.9 Å². The number of hydrogen-bond acceptors (Lipinski definition) is 7. The Morgan fingerprint density at radius 3 is 1.90 bits per heavy atom. The Hall–Kier alpha value is -4.01. The van der Waals surface area contributed by atoms with Crippen LogP contribution < -0.4 is 0 Å². The molecule has 1 unspecified atom stereocenters. The van der Waals surface area contributed by atoms with Crippen molar-refractivity contribution in [3.63, 3.8) is 0 Å². The van der Waals surface area contributed by atoms with E-state index in [4.69, 9.17) is 14.3 Å². The van der Waals surface area contributed by atoms with E-state index in [2.05, 4.69) is 0 Å². The summed E-state index contributed by atoms with van der Waals surface area (Å²) in [5, 5.41) is 11.4. The number of piperidine rings is 1. The summed E-state index contributed by atoms with van der Waals surface area (Å²) in [5.41, 5.74) is 0.0670. The molecule has 0 aromatic heterocycles. The highest BCUT2D eigenvalue weighted by molar-refractivity contribution is 6.02. The molecule has 1 fully saturated rings. The normalized spacial score (nSPS) is 17.5. The third-order valence-corrected chi connectivity index (χ3v) is 6.98. The zero-order valence-corrected chi connectivity index (χ0v) is 23.2. The van der Waals surface area contributed by atoms with E-state index >= 15 is 0 Å². The predicted molar refractivity (Wildman–Crippen MR) is 149 cm³/mol. The van der Waals surface area contributed by atoms with Gasteiger partial charge in [-0.15, -0.1) is 0 Å². The van der Waals surface area contributed by atoms with E-state index < -0.39 is 41.2 Å². The second-order valence-electron chi connectivity index (χ2n) is 11.2. The molecule has 1 aliphatic rings. The van der Waals surface area contributed by atoms with Crippen LogP contribution in [0.5, 0.6) is 0 Å². The summed E-state index contributed by atoms with van der Waals surface area (Å²) < 4.78 is 11.5. The molecule has 0 aliphatic carbocycles. The van der Waals surface area contributed by atoms with E-state index in [1.807, 2.05) is 69.2 Å². The molecule has 1 heterocycles. The Kier molecular flexibility index (Phi) is 8.71. The molecular formula is C32H35NO7. The lowest BCUT2D eigenvalue weighted by Gasteiger charge is -2.54. The van der Waals surface area contributed by atoms with Crippen LogP contribution in [0.2, 0.25) is 0 Å². The SMILES string of the molecule is CC1(C)CC(OC(=O)c2ccccc2C(=O)O)CC(C)(C)N1OC(COC(=O)c1ccccc1)c1ccccc1. The average Bonchev–Trinajstić information content (AvgIpc) is 2.92. The molecule has 40 heavy (non-hydrogen) atoms. The molecule has 0 bridgehead atoms. The van der Waals surface area contributed by atoms with Gasteiger partial charge in [-0.1, -0.05) is 60.7 Å². The Balaban J connectivity index is 1.51. The molecule has 0 radical (unpaired) electrons. The zero-order valence-electron chi connectivity index (χ0n) is 23.2. The molecule has 1 aliphatic heterocycles. The van der Waals surface area contributed by atoms with Crippen molar-refractivity contribution in [2.24, 2.45) is 0 Å². The van der Waals surface area contributed by atoms with E-state index in [0.717, 1.165) is 5.56 Å². The highest BCUT2D eigenvalue weighted by Crippen LogP contribution is 2.42. The highest BCUT2D eigenvalue weighted by Gasteiger charge is 2.49. The number of esters is 2. The van der Waals surface area contributed by atoms with Gasteiger partial charge in [0.25, 0.3) is 0 Å². The van der Waals surface area contributed by atoms with Crippen LogP contribution in [0.25, 0.3) is 0 Å². The summed E-state index contributed by atoms with van der Waals surface area (Å²) in [4.78, 5) is 43.9. The monoisotopic (exact) mass is 545 g/mol. The second kappa shape index (κ2) is 12.0. The number of carboxylic acids is 1. The number of rotatable bonds is 9. The van der Waals surface area contributed by atoms with Gasteiger partial charge in [0.1, 0.15) is 18.8 Å². The minimum absolute atomic E-state index is 0.00475. The summed E-state index contributed by atoms with van der Waals surface area (Å²) in [5.74, 6) is -2.29. The quantitative estimate of drug-likeness (QED) is 0.322. The first kappa shape index (κ1) is 29.0. The largest absolute Gasteiger partial charge is 0.478 e. The summed E-state index contributed by atoms with van der Waals surface area (Å²) in [6, 6.07) is 24.4. The fraction of sp³-hybridized carbons (Fsp3) is 0.344. The lowest BCUT2D eigenvalue weighted by atomic mass is 9.80. The van der Waals surface area contributed by atoms with Crippen molar-refractivity contribution in [2.45, 2.75) is 63.8 Å². The van der Waals surface area contributed by atoms with Crippen LogP contribution in [0.15, 0.2) is 84.9 Å². The van der Waals surface area contributed by atoms with E-state index in [9.17, 15) is 19.5 Å². The van der Waals surface area contributed by atoms with Crippen molar-refractivity contribution in [1.82, 2.24) is 5.06 Å². The van der Waals surface area contributed by atoms with Gasteiger partial charge in [-0.25, -0.2) is 14.4 Å². The van der Waals surface area contributed by atoms with Gasteiger partial charge in [0.05, 0.1) is 16.7 Å². The number of benzene rings is 3. The van der Waals surface area contributed by atoms with Crippen molar-refractivity contribution >= 4 is 17.9 Å². The minimum atomic E-state index is -1.18. The molecule has 0 amide bonds. The van der Waals surface area contributed by atoms with Crippen molar-refractivity contribution in [1.29, 1.82) is 0 Å². The number of carbonyl (C=O) groups excluding carboxylic acids is 2. The molecule has 4 rings (SSSR count). The number of aromatic carboxylic acids is 1. The molecule has 210 valence electrons. The lowest BCUT2D eigenvalue weighted by molar-refractivity contribution is -0.319. The molecule has 1 atom stereocenters. The van der Waals surface area contributed by atoms with Gasteiger partial charge in [0.15, 0.2) is 0 Å². The standard InChI is InChI=1S/C32H35NO7/c1-31(2)19-24(39-30(37)26-18-12-11-17-25(26)28(34)35)20-32(3,4)33(31)40-27(22-13-7-5-8-14-22)21-38-29(36)23-15-9-6-10-16-23/h5-18,24,27H,19-21H2,1-4H3,(H,34,35). The van der Waals surface area contributed by atoms with E-state index in [1.54, 1.807) is 36.4 Å². The molecule has 3 aromatic carbocycles. The molecule has 0 saturated carbocycles. The fourth-order valence-electron chi connectivity index (χ4n) is 5.39. The van der Waals surface area contributed by atoms with Crippen molar-refractivity contribution < 1.29 is 33.8 Å². The van der Waals surface area contributed by atoms with Crippen LogP contribution in [0, 0.1) is 0 Å². The van der Waals surface area contributed by atoms with Crippen molar-refractivity contribution in [3.8, 4) is 0 Å². The Morgan fingerprint density at radius 2 is 1.32 bits per heavy atom. The number of carbonyl (C=O) groups is 3. The van der Waals surface area contributed by atoms with Crippen LogP contribution in [0.1, 0.15) is 83.3 Å². The first-order chi connectivity index (χ1) is 19.0. The zero-order chi connectivity index (χ0) is 28.9. The summed E-state index contributed by atoms with van der Waals surface area (Å²) in [7, 11) is 0. The predicted octanol–water partition coefficient (Wildman–Crippen LogP) is 6.09. The third kappa shape index (κ3) is 6.76. The van der Waals surface area contributed by atoms with Crippen molar-refractivity contribution in [3.05, 3.63) is 107 Å². The first-order valence-electron chi connectivity index (χ1n) is 13.3. The second-order valence-corrected chi connectivity index (χ2v) is 11.2. The summed E-state index contributed by atoms with van der Waals surface area (Å²) >= 11 is 0. The van der Waals surface area contributed by atoms with Crippen LogP contribution in [-0.4, -0.2) is 51.9 Å². The number of hydrogen-bond donors (Lipinski definition) is 1. The van der Waals surface area contributed by atoms with E-state index in [1.165, 1.54) is 12.1 Å². The third-order valence-electron chi connectivity index (χ3n) is 6.98. The smallest absolute Gasteiger partial charge is 0.339 e. The molecule has 8 nitrogen and oxygen atoms in total. The Bertz CT molecular complexity index is 1320. The van der Waals surface area contributed by atoms with E-state index in [0.29, 0.717) is 18.4 Å². The van der Waals surface area contributed by atoms with Gasteiger partial charge in [0.2, 0.25) is 0 Å². The Labute approximate surface area is 234 Å². The van der Waals surface area contributed by atoms with Crippen LogP contribution in [0.3, 0.4) is 0 Å². The maximum absolute atomic E-state index is 13.0. The molecular weight excluding hydrogens is 510 g/mol. The average molecular weight is 546 g/mol. The van der Waals surface area contributed by atoms with Gasteiger partial charge in [-0.2, -0.15) is 5.06 Å². The maximum Gasteiger partial charge on any atom is 0.339 e. The number of carboxylic acid groups (broad SMARTS) is 1. The first-order valence-corrected chi connectivity index (χ1v) is 13.3. The van der Waals surface area contributed by atoms with Crippen LogP contribution >= 0.6 is 0 Å². The number of nitrogens with zero attached hydrogens (tertiary/aromatic N) is 1. The van der Waals surface area contributed by atoms with E-state index in [-0.39, 0.29) is 17.7 Å². The highest BCUT2D eigenvalue weighted by atomic mass is 16.7. The molecule has 1 N–H and O–H groups in total. The number of hydroxylamine groups is 2. The van der Waals surface area contributed by atoms with Crippen LogP contribution in [0.4, 0.5) is 0 Å². The van der Waals surface area contributed by atoms with Gasteiger partial charge in [-0.3, -0.25) is 4.84 Å². The molecule has 8 heteroatoms. The fourth-order valence-corrected chi connectivity index (χ4v) is 5.39. The van der Waals surface area contributed by atoms with Gasteiger partial charge < -0.3 is 14.6 Å². The number of ether oxygens (including phenoxy) is 2. The maximum atomic E-state index is 13.0. The van der Waals surface area contributed by atoms with Crippen molar-refractivity contribution in [2.75, 3.05) is 6.61 Å². The van der Waals surface area contributed by atoms with Crippen LogP contribution in [-0.2, 0) is 14.3 Å². The molecule has 0 spiro atoms. The Morgan fingerprint density at radius 1 is 0.800 bits per heavy atom. The minimum Gasteiger partial charge on any atom is -0.478 e.